The predicted octanol–water partition coefficient (Wildman–Crippen LogP) is 3.59. The Kier molecular flexibility index (Phi) is 4.70. The number of rotatable bonds is 6. The van der Waals surface area contributed by atoms with Crippen LogP contribution in [0.15, 0.2) is 24.3 Å². The largest absolute Gasteiger partial charge is 0.388 e. The number of hydrogen-bond donors (Lipinski definition) is 2. The topological polar surface area (TPSA) is 66.4 Å². The molecule has 2 N–H and O–H groups in total. The van der Waals surface area contributed by atoms with Crippen molar-refractivity contribution >= 4 is 15.7 Å². The average Bonchev–Trinajstić information content (AvgIpc) is 2.55. The van der Waals surface area contributed by atoms with Gasteiger partial charge in [-0.05, 0) is 36.9 Å². The molecular formula is C16H25NO3S. The van der Waals surface area contributed by atoms with Gasteiger partial charge in [0.2, 0.25) is 10.0 Å². The van der Waals surface area contributed by atoms with Gasteiger partial charge in [-0.3, -0.25) is 4.72 Å². The van der Waals surface area contributed by atoms with Crippen LogP contribution in [0.25, 0.3) is 0 Å². The van der Waals surface area contributed by atoms with E-state index in [4.69, 9.17) is 2.74 Å². The predicted molar refractivity (Wildman–Crippen MR) is 85.7 cm³/mol. The van der Waals surface area contributed by atoms with Gasteiger partial charge in [-0.2, -0.15) is 0 Å². The minimum Gasteiger partial charge on any atom is -0.388 e. The molecule has 1 aromatic rings. The quantitative estimate of drug-likeness (QED) is 0.843. The van der Waals surface area contributed by atoms with E-state index in [1.54, 1.807) is 25.1 Å². The van der Waals surface area contributed by atoms with E-state index in [9.17, 15) is 13.5 Å². The first-order chi connectivity index (χ1) is 10.8. The van der Waals surface area contributed by atoms with Gasteiger partial charge in [0.15, 0.2) is 0 Å². The van der Waals surface area contributed by atoms with E-state index in [2.05, 4.69) is 4.72 Å². The summed E-state index contributed by atoms with van der Waals surface area (Å²) in [6.07, 6.45) is 1.44. The first-order valence-electron chi connectivity index (χ1n) is 8.56. The van der Waals surface area contributed by atoms with Gasteiger partial charge in [0.25, 0.3) is 0 Å². The normalized spacial score (nSPS) is 20.5. The molecule has 1 saturated carbocycles. The highest BCUT2D eigenvalue weighted by Crippen LogP contribution is 2.27. The lowest BCUT2D eigenvalue weighted by Gasteiger charge is -2.22. The molecule has 1 aliphatic carbocycles. The van der Waals surface area contributed by atoms with Gasteiger partial charge in [-0.15, -0.1) is 0 Å². The molecule has 2 rings (SSSR count). The summed E-state index contributed by atoms with van der Waals surface area (Å²) in [7, 11) is -3.45. The third-order valence-electron chi connectivity index (χ3n) is 3.85. The summed E-state index contributed by atoms with van der Waals surface area (Å²) >= 11 is 0. The van der Waals surface area contributed by atoms with Crippen LogP contribution in [-0.4, -0.2) is 18.8 Å². The van der Waals surface area contributed by atoms with Gasteiger partial charge in [-0.25, -0.2) is 8.42 Å². The van der Waals surface area contributed by atoms with E-state index < -0.39 is 22.5 Å². The molecule has 0 bridgehead atoms. The van der Waals surface area contributed by atoms with Crippen molar-refractivity contribution in [2.75, 3.05) is 4.72 Å². The Balaban J connectivity index is 2.16. The fraction of sp³-hybridized carbons (Fsp3) is 0.625. The fourth-order valence-corrected chi connectivity index (χ4v) is 4.28. The summed E-state index contributed by atoms with van der Waals surface area (Å²) in [4.78, 5) is 0. The smallest absolute Gasteiger partial charge is 0.235 e. The second kappa shape index (κ2) is 7.27. The minimum absolute atomic E-state index is 0.173. The zero-order chi connectivity index (χ0) is 17.1. The lowest BCUT2D eigenvalue weighted by atomic mass is 10.0. The van der Waals surface area contributed by atoms with Crippen LogP contribution in [0.1, 0.15) is 66.2 Å². The Morgan fingerprint density at radius 3 is 2.76 bits per heavy atom. The molecule has 0 spiro atoms. The van der Waals surface area contributed by atoms with Crippen LogP contribution in [0, 0.1) is 0 Å². The molecule has 118 valence electrons. The second-order valence-corrected chi connectivity index (χ2v) is 7.45. The van der Waals surface area contributed by atoms with Crippen LogP contribution in [0.3, 0.4) is 0 Å². The second-order valence-electron chi connectivity index (χ2n) is 5.49. The Hall–Kier alpha value is -1.07. The lowest BCUT2D eigenvalue weighted by molar-refractivity contribution is 0.166. The lowest BCUT2D eigenvalue weighted by Crippen LogP contribution is -2.29. The number of aliphatic hydroxyl groups is 1. The van der Waals surface area contributed by atoms with E-state index in [1.165, 1.54) is 6.07 Å². The molecule has 0 saturated heterocycles. The summed E-state index contributed by atoms with van der Waals surface area (Å²) in [6.45, 7) is 1.67. The van der Waals surface area contributed by atoms with Crippen molar-refractivity contribution in [1.29, 1.82) is 0 Å². The van der Waals surface area contributed by atoms with Crippen LogP contribution in [0.2, 0.25) is 0 Å². The highest BCUT2D eigenvalue weighted by atomic mass is 32.2. The summed E-state index contributed by atoms with van der Waals surface area (Å²) in [5, 5.41) is 9.80. The molecule has 1 aromatic carbocycles. The molecule has 1 aliphatic rings. The molecule has 0 radical (unpaired) electrons. The number of anilines is 1. The Labute approximate surface area is 130 Å². The first-order valence-corrected chi connectivity index (χ1v) is 9.10. The van der Waals surface area contributed by atoms with Gasteiger partial charge in [-0.1, -0.05) is 44.7 Å². The molecule has 1 unspecified atom stereocenters. The molecule has 0 heterocycles. The summed E-state index contributed by atoms with van der Waals surface area (Å²) in [5.41, 5.74) is 0.750. The monoisotopic (exact) mass is 313 g/mol. The molecule has 1 fully saturated rings. The van der Waals surface area contributed by atoms with Gasteiger partial charge < -0.3 is 5.11 Å². The van der Waals surface area contributed by atoms with Crippen LogP contribution in [0.4, 0.5) is 5.69 Å². The molecular weight excluding hydrogens is 286 g/mol. The Bertz CT molecular complexity index is 628. The van der Waals surface area contributed by atoms with Gasteiger partial charge in [0, 0.05) is 8.43 Å². The molecule has 5 heteroatoms. The number of hydrogen-bond acceptors (Lipinski definition) is 3. The molecule has 0 aromatic heterocycles. The third-order valence-corrected chi connectivity index (χ3v) is 5.72. The maximum Gasteiger partial charge on any atom is 0.235 e. The van der Waals surface area contributed by atoms with Gasteiger partial charge in [0.1, 0.15) is 0 Å². The number of sulfonamides is 1. The number of benzene rings is 1. The van der Waals surface area contributed by atoms with Crippen LogP contribution in [-0.2, 0) is 10.0 Å². The van der Waals surface area contributed by atoms with Gasteiger partial charge in [0.05, 0.1) is 11.4 Å². The third kappa shape index (κ3) is 4.45. The van der Waals surface area contributed by atoms with E-state index in [0.29, 0.717) is 24.1 Å². The number of aliphatic hydroxyl groups excluding tert-OH is 1. The van der Waals surface area contributed by atoms with Crippen molar-refractivity contribution in [3.05, 3.63) is 29.8 Å². The van der Waals surface area contributed by atoms with Crippen molar-refractivity contribution in [3.63, 3.8) is 0 Å². The summed E-state index contributed by atoms with van der Waals surface area (Å²) in [5.74, 6) is 0. The van der Waals surface area contributed by atoms with Crippen LogP contribution >= 0.6 is 0 Å². The molecule has 1 atom stereocenters. The van der Waals surface area contributed by atoms with Crippen molar-refractivity contribution in [1.82, 2.24) is 0 Å². The van der Waals surface area contributed by atoms with Gasteiger partial charge >= 0.3 is 0 Å². The Morgan fingerprint density at radius 2 is 2.10 bits per heavy atom. The first kappa shape index (κ1) is 13.6. The van der Waals surface area contributed by atoms with Crippen molar-refractivity contribution < 1.29 is 16.3 Å². The van der Waals surface area contributed by atoms with Crippen LogP contribution in [0.5, 0.6) is 0 Å². The van der Waals surface area contributed by atoms with E-state index >= 15 is 0 Å². The van der Waals surface area contributed by atoms with Crippen LogP contribution < -0.4 is 4.72 Å². The molecule has 21 heavy (non-hydrogen) atoms. The van der Waals surface area contributed by atoms with Crippen molar-refractivity contribution in [2.24, 2.45) is 0 Å². The highest BCUT2D eigenvalue weighted by molar-refractivity contribution is 7.93. The molecule has 0 aliphatic heterocycles. The highest BCUT2D eigenvalue weighted by Gasteiger charge is 2.27. The van der Waals surface area contributed by atoms with E-state index in [-0.39, 0.29) is 11.7 Å². The Morgan fingerprint density at radius 1 is 1.38 bits per heavy atom. The van der Waals surface area contributed by atoms with Crippen molar-refractivity contribution in [2.45, 2.75) is 63.2 Å². The average molecular weight is 313 g/mol. The zero-order valence-corrected chi connectivity index (χ0v) is 13.2. The molecule has 4 nitrogen and oxygen atoms in total. The zero-order valence-electron chi connectivity index (χ0n) is 14.4. The molecule has 0 amide bonds. The fourth-order valence-electron chi connectivity index (χ4n) is 2.71. The summed E-state index contributed by atoms with van der Waals surface area (Å²) in [6, 6.07) is 6.37. The standard InChI is InChI=1S/C16H25NO3S/c1-2-7-16(18)13-8-6-9-14(12-13)17-21(19,20)15-10-4-3-5-11-15/h6,8-9,12,15-18H,2-5,7,10-11H2,1H3/i7D2. The minimum atomic E-state index is -3.45. The maximum absolute atomic E-state index is 12.4. The van der Waals surface area contributed by atoms with Crippen molar-refractivity contribution in [3.8, 4) is 0 Å². The van der Waals surface area contributed by atoms with E-state index in [0.717, 1.165) is 19.3 Å². The SMILES string of the molecule is [2H]C([2H])(CC)C(O)c1cccc(NS(=O)(=O)C2CCCCC2)c1. The maximum atomic E-state index is 12.4. The number of nitrogens with one attached hydrogen (secondary N) is 1. The summed E-state index contributed by atoms with van der Waals surface area (Å²) < 4.78 is 43.1. The van der Waals surface area contributed by atoms with E-state index in [1.807, 2.05) is 0 Å².